The summed E-state index contributed by atoms with van der Waals surface area (Å²) in [5, 5.41) is 13.7. The third-order valence-electron chi connectivity index (χ3n) is 5.81. The molecule has 0 aliphatic heterocycles. The lowest BCUT2D eigenvalue weighted by atomic mass is 9.85. The third kappa shape index (κ3) is 5.24. The van der Waals surface area contributed by atoms with Gasteiger partial charge in [-0.1, -0.05) is 32.1 Å². The second-order valence-corrected chi connectivity index (χ2v) is 9.10. The van der Waals surface area contributed by atoms with Gasteiger partial charge in [0.1, 0.15) is 10.5 Å². The maximum Gasteiger partial charge on any atom is 0.251 e. The maximum atomic E-state index is 13.0. The van der Waals surface area contributed by atoms with Crippen LogP contribution in [0.3, 0.4) is 0 Å². The fourth-order valence-corrected chi connectivity index (χ4v) is 5.22. The van der Waals surface area contributed by atoms with E-state index in [2.05, 4.69) is 25.3 Å². The van der Waals surface area contributed by atoms with Crippen LogP contribution in [-0.2, 0) is 0 Å². The minimum Gasteiger partial charge on any atom is -0.504 e. The molecule has 1 saturated carbocycles. The first kappa shape index (κ1) is 22.2. The second kappa shape index (κ2) is 10.1. The van der Waals surface area contributed by atoms with Crippen LogP contribution < -0.4 is 15.8 Å². The number of nitrogens with one attached hydrogen (secondary N) is 2. The van der Waals surface area contributed by atoms with Crippen molar-refractivity contribution < 1.29 is 14.6 Å². The van der Waals surface area contributed by atoms with Gasteiger partial charge in [-0.05, 0) is 30.5 Å². The number of carbonyl (C=O) groups is 1. The Morgan fingerprint density at radius 1 is 1.34 bits per heavy atom. The Morgan fingerprint density at radius 3 is 2.94 bits per heavy atom. The van der Waals surface area contributed by atoms with Crippen LogP contribution in [0.5, 0.6) is 11.5 Å². The molecular weight excluding hydrogens is 428 g/mol. The van der Waals surface area contributed by atoms with Gasteiger partial charge in [0.15, 0.2) is 17.1 Å². The number of hydrogen-bond acceptors (Lipinski definition) is 8. The molecule has 2 heterocycles. The Kier molecular flexibility index (Phi) is 6.99. The molecule has 2 aromatic heterocycles. The van der Waals surface area contributed by atoms with Crippen molar-refractivity contribution in [1.29, 1.82) is 0 Å². The van der Waals surface area contributed by atoms with Crippen molar-refractivity contribution in [2.24, 2.45) is 5.92 Å². The first-order chi connectivity index (χ1) is 15.5. The largest absolute Gasteiger partial charge is 0.504 e. The molecule has 0 bridgehead atoms. The highest BCUT2D eigenvalue weighted by atomic mass is 32.2. The number of phenols is 1. The van der Waals surface area contributed by atoms with Crippen molar-refractivity contribution >= 4 is 34.8 Å². The van der Waals surface area contributed by atoms with E-state index >= 15 is 0 Å². The fraction of sp³-hybridized carbons (Fsp3) is 0.455. The molecule has 4 rings (SSSR count). The Bertz CT molecular complexity index is 1080. The summed E-state index contributed by atoms with van der Waals surface area (Å²) in [4.78, 5) is 28.7. The van der Waals surface area contributed by atoms with E-state index in [4.69, 9.17) is 10.5 Å². The number of imidazole rings is 1. The summed E-state index contributed by atoms with van der Waals surface area (Å²) >= 11 is 1.53. The fourth-order valence-electron chi connectivity index (χ4n) is 4.19. The van der Waals surface area contributed by atoms with E-state index in [1.54, 1.807) is 18.5 Å². The van der Waals surface area contributed by atoms with Gasteiger partial charge in [-0.3, -0.25) is 4.79 Å². The quantitative estimate of drug-likeness (QED) is 0.298. The number of H-pyrrole nitrogens is 1. The summed E-state index contributed by atoms with van der Waals surface area (Å²) in [7, 11) is 1.46. The Morgan fingerprint density at radius 2 is 2.16 bits per heavy atom. The van der Waals surface area contributed by atoms with E-state index in [1.807, 2.05) is 0 Å². The first-order valence-corrected chi connectivity index (χ1v) is 11.8. The molecule has 170 valence electrons. The van der Waals surface area contributed by atoms with Gasteiger partial charge in [-0.15, -0.1) is 11.8 Å². The van der Waals surface area contributed by atoms with Gasteiger partial charge in [-0.2, -0.15) is 4.98 Å². The van der Waals surface area contributed by atoms with Crippen LogP contribution >= 0.6 is 11.8 Å². The number of ether oxygens (including phenoxy) is 1. The number of amides is 1. The number of aromatic nitrogens is 4. The van der Waals surface area contributed by atoms with Crippen molar-refractivity contribution in [3.05, 3.63) is 30.1 Å². The number of nitrogens with two attached hydrogens (primary N) is 1. The summed E-state index contributed by atoms with van der Waals surface area (Å²) in [6.07, 6.45) is 8.62. The number of rotatable bonds is 8. The average Bonchev–Trinajstić information content (AvgIpc) is 3.26. The molecule has 1 fully saturated rings. The Hall–Kier alpha value is -3.01. The summed E-state index contributed by atoms with van der Waals surface area (Å²) < 4.78 is 5.14. The maximum absolute atomic E-state index is 13.0. The van der Waals surface area contributed by atoms with E-state index in [0.717, 1.165) is 17.0 Å². The van der Waals surface area contributed by atoms with Crippen LogP contribution in [0.2, 0.25) is 0 Å². The van der Waals surface area contributed by atoms with Crippen LogP contribution in [-0.4, -0.2) is 49.9 Å². The van der Waals surface area contributed by atoms with Gasteiger partial charge < -0.3 is 25.9 Å². The number of thioether (sulfide) groups is 1. The predicted molar refractivity (Wildman–Crippen MR) is 124 cm³/mol. The molecule has 1 aromatic carbocycles. The van der Waals surface area contributed by atoms with Gasteiger partial charge in [0, 0.05) is 17.4 Å². The highest BCUT2D eigenvalue weighted by molar-refractivity contribution is 7.99. The molecule has 10 heteroatoms. The molecule has 0 spiro atoms. The van der Waals surface area contributed by atoms with Gasteiger partial charge in [-0.25, -0.2) is 9.97 Å². The van der Waals surface area contributed by atoms with E-state index in [9.17, 15) is 9.90 Å². The zero-order valence-electron chi connectivity index (χ0n) is 18.0. The molecule has 0 radical (unpaired) electrons. The molecule has 1 aliphatic rings. The zero-order valence-corrected chi connectivity index (χ0v) is 18.8. The Labute approximate surface area is 190 Å². The van der Waals surface area contributed by atoms with Gasteiger partial charge in [0.2, 0.25) is 5.95 Å². The second-order valence-electron chi connectivity index (χ2n) is 8.10. The number of carbonyl (C=O) groups excluding carboxylic acids is 1. The monoisotopic (exact) mass is 456 g/mol. The summed E-state index contributed by atoms with van der Waals surface area (Å²) in [5.74, 6) is 1.49. The lowest BCUT2D eigenvalue weighted by Crippen LogP contribution is -2.38. The molecule has 5 N–H and O–H groups in total. The number of nitrogens with zero attached hydrogens (tertiary/aromatic N) is 3. The third-order valence-corrected chi connectivity index (χ3v) is 6.95. The normalized spacial score (nSPS) is 15.5. The molecule has 32 heavy (non-hydrogen) atoms. The number of hydrogen-bond donors (Lipinski definition) is 4. The average molecular weight is 457 g/mol. The number of benzene rings is 1. The van der Waals surface area contributed by atoms with Crippen LogP contribution in [0.15, 0.2) is 29.6 Å². The molecule has 0 saturated heterocycles. The van der Waals surface area contributed by atoms with Crippen molar-refractivity contribution in [3.8, 4) is 11.5 Å². The van der Waals surface area contributed by atoms with Crippen molar-refractivity contribution in [1.82, 2.24) is 25.3 Å². The highest BCUT2D eigenvalue weighted by Gasteiger charge is 2.23. The van der Waals surface area contributed by atoms with Gasteiger partial charge in [0.25, 0.3) is 5.91 Å². The van der Waals surface area contributed by atoms with Crippen LogP contribution in [0.1, 0.15) is 48.9 Å². The molecule has 0 unspecified atom stereocenters. The van der Waals surface area contributed by atoms with Crippen molar-refractivity contribution in [2.75, 3.05) is 18.6 Å². The van der Waals surface area contributed by atoms with Gasteiger partial charge >= 0.3 is 0 Å². The van der Waals surface area contributed by atoms with E-state index < -0.39 is 0 Å². The lowest BCUT2D eigenvalue weighted by molar-refractivity contribution is 0.0933. The van der Waals surface area contributed by atoms with Crippen LogP contribution in [0.4, 0.5) is 5.95 Å². The number of methoxy groups -OCH3 is 1. The van der Waals surface area contributed by atoms with Crippen molar-refractivity contribution in [2.45, 2.75) is 49.6 Å². The SMILES string of the molecule is COc1cc(C(=O)N[C@@H](CSc2nc(N)nc3nc[nH]c23)CC2CCCCC2)ccc1O. The standard InChI is InChI=1S/C22H28N6O3S/c1-31-17-10-14(7-8-16(17)29)20(30)26-15(9-13-5-3-2-4-6-13)11-32-21-18-19(25-12-24-18)27-22(23)28-21/h7-8,10,12-13,15,29H,2-6,9,11H2,1H3,(H,26,30)(H3,23,24,25,27,28)/t15-/m1/s1. The summed E-state index contributed by atoms with van der Waals surface area (Å²) in [6.45, 7) is 0. The van der Waals surface area contributed by atoms with Crippen LogP contribution in [0.25, 0.3) is 11.2 Å². The zero-order chi connectivity index (χ0) is 22.5. The minimum atomic E-state index is -0.196. The highest BCUT2D eigenvalue weighted by Crippen LogP contribution is 2.31. The first-order valence-electron chi connectivity index (χ1n) is 10.8. The molecule has 1 aliphatic carbocycles. The minimum absolute atomic E-state index is 0.00304. The lowest BCUT2D eigenvalue weighted by Gasteiger charge is -2.27. The topological polar surface area (TPSA) is 139 Å². The number of fused-ring (bicyclic) bond motifs is 1. The molecule has 3 aromatic rings. The van der Waals surface area contributed by atoms with Crippen molar-refractivity contribution in [3.63, 3.8) is 0 Å². The number of nitrogen functional groups attached to an aromatic ring is 1. The van der Waals surface area contributed by atoms with Crippen LogP contribution in [0, 0.1) is 5.92 Å². The molecule has 9 nitrogen and oxygen atoms in total. The van der Waals surface area contributed by atoms with E-state index in [0.29, 0.717) is 22.9 Å². The number of anilines is 1. The molecule has 1 amide bonds. The van der Waals surface area contributed by atoms with E-state index in [-0.39, 0.29) is 29.4 Å². The Balaban J connectivity index is 1.50. The van der Waals surface area contributed by atoms with E-state index in [1.165, 1.54) is 57.0 Å². The molecular formula is C22H28N6O3S. The summed E-state index contributed by atoms with van der Waals surface area (Å²) in [5.41, 5.74) is 7.57. The van der Waals surface area contributed by atoms with Gasteiger partial charge in [0.05, 0.1) is 13.4 Å². The smallest absolute Gasteiger partial charge is 0.251 e. The number of phenolic OH excluding ortho intramolecular Hbond substituents is 1. The number of aromatic amines is 1. The molecule has 1 atom stereocenters. The summed E-state index contributed by atoms with van der Waals surface area (Å²) in [6, 6.07) is 4.56. The number of aromatic hydroxyl groups is 1. The predicted octanol–water partition coefficient (Wildman–Crippen LogP) is 3.51.